The quantitative estimate of drug-likeness (QED) is 0.348. The molecule has 2 heterocycles. The molecule has 0 bridgehead atoms. The lowest BCUT2D eigenvalue weighted by Gasteiger charge is -2.32. The Morgan fingerprint density at radius 1 is 1.35 bits per heavy atom. The normalized spacial score (nSPS) is 16.0. The van der Waals surface area contributed by atoms with Crippen molar-refractivity contribution in [3.05, 3.63) is 22.4 Å². The molecule has 0 unspecified atom stereocenters. The molecule has 1 amide bonds. The highest BCUT2D eigenvalue weighted by Crippen LogP contribution is 2.20. The second-order valence-electron chi connectivity index (χ2n) is 6.66. The third-order valence-corrected chi connectivity index (χ3v) is 5.30. The van der Waals surface area contributed by atoms with E-state index in [1.807, 2.05) is 18.3 Å². The van der Waals surface area contributed by atoms with Gasteiger partial charge in [0.25, 0.3) is 0 Å². The summed E-state index contributed by atoms with van der Waals surface area (Å²) in [7, 11) is 3.50. The number of amides is 1. The molecule has 148 valence electrons. The summed E-state index contributed by atoms with van der Waals surface area (Å²) in [5.74, 6) is 1.41. The lowest BCUT2D eigenvalue weighted by molar-refractivity contribution is -0.127. The van der Waals surface area contributed by atoms with Gasteiger partial charge in [-0.3, -0.25) is 9.69 Å². The maximum atomic E-state index is 11.7. The number of aliphatic imine (C=N–C) groups is 1. The van der Waals surface area contributed by atoms with Gasteiger partial charge < -0.3 is 15.5 Å². The molecule has 2 N–H and O–H groups in total. The van der Waals surface area contributed by atoms with Gasteiger partial charge in [0.15, 0.2) is 5.96 Å². The number of halogens is 1. The fourth-order valence-electron chi connectivity index (χ4n) is 2.84. The maximum absolute atomic E-state index is 11.7. The van der Waals surface area contributed by atoms with Crippen LogP contribution in [-0.2, 0) is 11.3 Å². The van der Waals surface area contributed by atoms with Gasteiger partial charge >= 0.3 is 0 Å². The van der Waals surface area contributed by atoms with Crippen molar-refractivity contribution in [3.8, 4) is 0 Å². The van der Waals surface area contributed by atoms with Crippen LogP contribution in [0.15, 0.2) is 22.5 Å². The zero-order valence-corrected chi connectivity index (χ0v) is 19.2. The Balaban J connectivity index is 0.00000338. The lowest BCUT2D eigenvalue weighted by Crippen LogP contribution is -2.43. The molecule has 0 saturated carbocycles. The second-order valence-corrected chi connectivity index (χ2v) is 7.70. The van der Waals surface area contributed by atoms with Crippen molar-refractivity contribution in [2.24, 2.45) is 10.9 Å². The number of piperidine rings is 1. The molecule has 6 nitrogen and oxygen atoms in total. The van der Waals surface area contributed by atoms with Gasteiger partial charge in [-0.2, -0.15) is 0 Å². The summed E-state index contributed by atoms with van der Waals surface area (Å²) in [5.41, 5.74) is 0. The van der Waals surface area contributed by atoms with Crippen LogP contribution in [0.1, 0.15) is 24.6 Å². The first kappa shape index (κ1) is 23.2. The molecule has 1 fully saturated rings. The van der Waals surface area contributed by atoms with E-state index in [1.165, 1.54) is 17.7 Å². The summed E-state index contributed by atoms with van der Waals surface area (Å²) in [6, 6.07) is 4.34. The number of hydrogen-bond acceptors (Lipinski definition) is 4. The van der Waals surface area contributed by atoms with Crippen LogP contribution in [0.3, 0.4) is 0 Å². The Kier molecular flexibility index (Phi) is 11.1. The number of nitrogens with zero attached hydrogens (tertiary/aromatic N) is 3. The number of carbonyl (C=O) groups excluding carboxylic acids is 1. The van der Waals surface area contributed by atoms with Crippen molar-refractivity contribution in [1.29, 1.82) is 0 Å². The molecule has 2 rings (SSSR count). The van der Waals surface area contributed by atoms with E-state index in [9.17, 15) is 4.79 Å². The molecular weight excluding hydrogens is 461 g/mol. The molecule has 8 heteroatoms. The van der Waals surface area contributed by atoms with Crippen LogP contribution in [0.4, 0.5) is 0 Å². The minimum atomic E-state index is 0. The molecule has 1 aromatic rings. The molecule has 1 saturated heterocycles. The van der Waals surface area contributed by atoms with Gasteiger partial charge in [0.1, 0.15) is 6.54 Å². The Bertz CT molecular complexity index is 542. The SMILES string of the molecule is CCNC(=NCC(=O)N(C)C)NCC1CCN(Cc2cccs2)CC1.I. The summed E-state index contributed by atoms with van der Waals surface area (Å²) in [4.78, 5) is 21.6. The average Bonchev–Trinajstić information content (AvgIpc) is 3.11. The average molecular weight is 493 g/mol. The van der Waals surface area contributed by atoms with Crippen molar-refractivity contribution < 1.29 is 4.79 Å². The number of rotatable bonds is 7. The molecule has 0 atom stereocenters. The number of hydrogen-bond donors (Lipinski definition) is 2. The Hall–Kier alpha value is -0.870. The van der Waals surface area contributed by atoms with Crippen molar-refractivity contribution in [3.63, 3.8) is 0 Å². The predicted octanol–water partition coefficient (Wildman–Crippen LogP) is 2.22. The number of likely N-dealkylation sites (N-methyl/N-ethyl adjacent to an activating group) is 1. The van der Waals surface area contributed by atoms with Gasteiger partial charge in [0.2, 0.25) is 5.91 Å². The van der Waals surface area contributed by atoms with Gasteiger partial charge in [-0.1, -0.05) is 6.07 Å². The van der Waals surface area contributed by atoms with Crippen molar-refractivity contribution in [1.82, 2.24) is 20.4 Å². The molecule has 1 aliphatic heterocycles. The fraction of sp³-hybridized carbons (Fsp3) is 0.667. The largest absolute Gasteiger partial charge is 0.357 e. The Labute approximate surface area is 178 Å². The van der Waals surface area contributed by atoms with E-state index in [-0.39, 0.29) is 36.4 Å². The molecule has 1 aliphatic rings. The number of nitrogens with one attached hydrogen (secondary N) is 2. The molecular formula is C18H32IN5OS. The van der Waals surface area contributed by atoms with E-state index in [1.54, 1.807) is 19.0 Å². The highest BCUT2D eigenvalue weighted by atomic mass is 127. The standard InChI is InChI=1S/C18H31N5OS.HI/c1-4-19-18(21-13-17(24)22(2)3)20-12-15-7-9-23(10-8-15)14-16-6-5-11-25-16;/h5-6,11,15H,4,7-10,12-14H2,1-3H3,(H2,19,20,21);1H. The highest BCUT2D eigenvalue weighted by Gasteiger charge is 2.19. The van der Waals surface area contributed by atoms with E-state index in [2.05, 4.69) is 38.0 Å². The molecule has 0 aromatic carbocycles. The van der Waals surface area contributed by atoms with Crippen molar-refractivity contribution in [2.75, 3.05) is 46.8 Å². The minimum Gasteiger partial charge on any atom is -0.357 e. The van der Waals surface area contributed by atoms with Crippen LogP contribution in [0.25, 0.3) is 0 Å². The number of carbonyl (C=O) groups is 1. The first-order valence-corrected chi connectivity index (χ1v) is 9.93. The molecule has 0 aliphatic carbocycles. The van der Waals surface area contributed by atoms with Crippen LogP contribution in [0, 0.1) is 5.92 Å². The zero-order chi connectivity index (χ0) is 18.1. The summed E-state index contributed by atoms with van der Waals surface area (Å²) < 4.78 is 0. The monoisotopic (exact) mass is 493 g/mol. The fourth-order valence-corrected chi connectivity index (χ4v) is 3.59. The number of thiophene rings is 1. The maximum Gasteiger partial charge on any atom is 0.243 e. The molecule has 0 spiro atoms. The summed E-state index contributed by atoms with van der Waals surface area (Å²) in [6.07, 6.45) is 2.41. The molecule has 1 aromatic heterocycles. The van der Waals surface area contributed by atoms with Crippen LogP contribution in [0.5, 0.6) is 0 Å². The third-order valence-electron chi connectivity index (χ3n) is 4.44. The smallest absolute Gasteiger partial charge is 0.243 e. The third kappa shape index (κ3) is 8.22. The van der Waals surface area contributed by atoms with Crippen LogP contribution >= 0.6 is 35.3 Å². The van der Waals surface area contributed by atoms with E-state index >= 15 is 0 Å². The minimum absolute atomic E-state index is 0. The first-order valence-electron chi connectivity index (χ1n) is 9.05. The summed E-state index contributed by atoms with van der Waals surface area (Å²) in [5, 5.41) is 8.76. The van der Waals surface area contributed by atoms with Crippen LogP contribution in [-0.4, -0.2) is 68.5 Å². The number of guanidine groups is 1. The summed E-state index contributed by atoms with van der Waals surface area (Å²) in [6.45, 7) is 7.30. The van der Waals surface area contributed by atoms with Crippen LogP contribution in [0.2, 0.25) is 0 Å². The topological polar surface area (TPSA) is 60.0 Å². The predicted molar refractivity (Wildman–Crippen MR) is 120 cm³/mol. The Morgan fingerprint density at radius 2 is 2.08 bits per heavy atom. The van der Waals surface area contributed by atoms with E-state index in [0.29, 0.717) is 5.92 Å². The van der Waals surface area contributed by atoms with Crippen molar-refractivity contribution >= 4 is 47.2 Å². The number of likely N-dealkylation sites (tertiary alicyclic amines) is 1. The van der Waals surface area contributed by atoms with Gasteiger partial charge in [0, 0.05) is 38.6 Å². The summed E-state index contributed by atoms with van der Waals surface area (Å²) >= 11 is 1.84. The molecule has 0 radical (unpaired) electrons. The second kappa shape index (κ2) is 12.5. The van der Waals surface area contributed by atoms with E-state index in [4.69, 9.17) is 0 Å². The van der Waals surface area contributed by atoms with Crippen LogP contribution < -0.4 is 10.6 Å². The van der Waals surface area contributed by atoms with E-state index in [0.717, 1.165) is 38.7 Å². The lowest BCUT2D eigenvalue weighted by atomic mass is 9.97. The van der Waals surface area contributed by atoms with Gasteiger partial charge in [-0.25, -0.2) is 4.99 Å². The van der Waals surface area contributed by atoms with Crippen molar-refractivity contribution in [2.45, 2.75) is 26.3 Å². The highest BCUT2D eigenvalue weighted by molar-refractivity contribution is 14.0. The van der Waals surface area contributed by atoms with Gasteiger partial charge in [-0.15, -0.1) is 35.3 Å². The Morgan fingerprint density at radius 3 is 2.65 bits per heavy atom. The molecule has 26 heavy (non-hydrogen) atoms. The van der Waals surface area contributed by atoms with Gasteiger partial charge in [-0.05, 0) is 50.2 Å². The first-order chi connectivity index (χ1) is 12.1. The van der Waals surface area contributed by atoms with Gasteiger partial charge in [0.05, 0.1) is 0 Å². The zero-order valence-electron chi connectivity index (χ0n) is 16.0. The van der Waals surface area contributed by atoms with E-state index < -0.39 is 0 Å².